The predicted molar refractivity (Wildman–Crippen MR) is 95.5 cm³/mol. The number of carboxylic acids is 1. The van der Waals surface area contributed by atoms with Gasteiger partial charge in [-0.3, -0.25) is 9.59 Å². The molecule has 24 heavy (non-hydrogen) atoms. The lowest BCUT2D eigenvalue weighted by molar-refractivity contribution is -0.140. The Bertz CT molecular complexity index is 665. The second-order valence-electron chi connectivity index (χ2n) is 5.85. The summed E-state index contributed by atoms with van der Waals surface area (Å²) in [4.78, 5) is 23.7. The molecule has 1 atom stereocenters. The standard InChI is InChI=1S/C20H21ClO3/c21-17-13-11-15(12-14-17)7-3-1-6-10-18(20(23)24)19(22)16-8-4-2-5-9-16/h2,4-5,8-9,11-14,18H,1,3,6-7,10H2,(H,23,24). The van der Waals surface area contributed by atoms with Gasteiger partial charge >= 0.3 is 5.97 Å². The summed E-state index contributed by atoms with van der Waals surface area (Å²) in [5.41, 5.74) is 1.68. The Labute approximate surface area is 147 Å². The molecule has 2 rings (SSSR count). The van der Waals surface area contributed by atoms with Crippen LogP contribution in [0.5, 0.6) is 0 Å². The summed E-state index contributed by atoms with van der Waals surface area (Å²) >= 11 is 5.85. The van der Waals surface area contributed by atoms with Crippen LogP contribution in [0.15, 0.2) is 54.6 Å². The summed E-state index contributed by atoms with van der Waals surface area (Å²) in [6, 6.07) is 16.4. The molecule has 0 aliphatic heterocycles. The minimum atomic E-state index is -1.04. The molecule has 1 N–H and O–H groups in total. The largest absolute Gasteiger partial charge is 0.481 e. The molecule has 0 saturated heterocycles. The first kappa shape index (κ1) is 18.2. The third-order valence-corrected chi connectivity index (χ3v) is 4.30. The van der Waals surface area contributed by atoms with Crippen LogP contribution in [0, 0.1) is 5.92 Å². The average molecular weight is 345 g/mol. The van der Waals surface area contributed by atoms with Gasteiger partial charge in [0.2, 0.25) is 0 Å². The summed E-state index contributed by atoms with van der Waals surface area (Å²) < 4.78 is 0. The van der Waals surface area contributed by atoms with E-state index in [1.165, 1.54) is 5.56 Å². The molecule has 2 aromatic carbocycles. The smallest absolute Gasteiger partial charge is 0.314 e. The summed E-state index contributed by atoms with van der Waals surface area (Å²) in [5.74, 6) is -2.30. The highest BCUT2D eigenvalue weighted by atomic mass is 35.5. The maximum Gasteiger partial charge on any atom is 0.314 e. The van der Waals surface area contributed by atoms with Crippen LogP contribution < -0.4 is 0 Å². The second-order valence-corrected chi connectivity index (χ2v) is 6.28. The van der Waals surface area contributed by atoms with Crippen LogP contribution in [0.3, 0.4) is 0 Å². The molecule has 0 amide bonds. The normalized spacial score (nSPS) is 11.9. The Hall–Kier alpha value is -2.13. The van der Waals surface area contributed by atoms with Crippen molar-refractivity contribution in [3.8, 4) is 0 Å². The van der Waals surface area contributed by atoms with E-state index in [1.807, 2.05) is 30.3 Å². The van der Waals surface area contributed by atoms with Crippen LogP contribution >= 0.6 is 11.6 Å². The number of carbonyl (C=O) groups is 2. The highest BCUT2D eigenvalue weighted by Crippen LogP contribution is 2.18. The second kappa shape index (κ2) is 9.24. The summed E-state index contributed by atoms with van der Waals surface area (Å²) in [5, 5.41) is 10.1. The number of halogens is 1. The summed E-state index contributed by atoms with van der Waals surface area (Å²) in [6.45, 7) is 0. The number of aliphatic carboxylic acids is 1. The molecule has 1 unspecified atom stereocenters. The van der Waals surface area contributed by atoms with Gasteiger partial charge < -0.3 is 5.11 Å². The van der Waals surface area contributed by atoms with Crippen molar-refractivity contribution in [3.63, 3.8) is 0 Å². The monoisotopic (exact) mass is 344 g/mol. The Kier molecular flexibility index (Phi) is 7.01. The number of carboxylic acid groups (broad SMARTS) is 1. The van der Waals surface area contributed by atoms with E-state index in [-0.39, 0.29) is 5.78 Å². The third-order valence-electron chi connectivity index (χ3n) is 4.04. The first-order chi connectivity index (χ1) is 11.6. The number of carbonyl (C=O) groups excluding carboxylic acids is 1. The SMILES string of the molecule is O=C(O)C(CCCCCc1ccc(Cl)cc1)C(=O)c1ccccc1. The zero-order valence-corrected chi connectivity index (χ0v) is 14.2. The van der Waals surface area contributed by atoms with Crippen molar-refractivity contribution in [2.75, 3.05) is 0 Å². The van der Waals surface area contributed by atoms with Crippen LogP contribution in [0.1, 0.15) is 41.6 Å². The van der Waals surface area contributed by atoms with Gasteiger partial charge in [-0.1, -0.05) is 66.9 Å². The van der Waals surface area contributed by atoms with Crippen LogP contribution in [-0.2, 0) is 11.2 Å². The molecular formula is C20H21ClO3. The molecule has 0 fully saturated rings. The zero-order valence-electron chi connectivity index (χ0n) is 13.5. The van der Waals surface area contributed by atoms with Crippen molar-refractivity contribution >= 4 is 23.4 Å². The van der Waals surface area contributed by atoms with Crippen molar-refractivity contribution in [2.24, 2.45) is 5.92 Å². The molecule has 0 aliphatic rings. The van der Waals surface area contributed by atoms with Crippen LogP contribution in [0.2, 0.25) is 5.02 Å². The Morgan fingerprint density at radius 1 is 0.917 bits per heavy atom. The topological polar surface area (TPSA) is 54.4 Å². The molecular weight excluding hydrogens is 324 g/mol. The third kappa shape index (κ3) is 5.50. The molecule has 0 saturated carbocycles. The fourth-order valence-corrected chi connectivity index (χ4v) is 2.80. The summed E-state index contributed by atoms with van der Waals surface area (Å²) in [7, 11) is 0. The van der Waals surface area contributed by atoms with Gasteiger partial charge in [-0.15, -0.1) is 0 Å². The Morgan fingerprint density at radius 2 is 1.58 bits per heavy atom. The molecule has 0 bridgehead atoms. The van der Waals surface area contributed by atoms with Gasteiger partial charge in [0, 0.05) is 10.6 Å². The zero-order chi connectivity index (χ0) is 17.4. The number of unbranched alkanes of at least 4 members (excludes halogenated alkanes) is 2. The quantitative estimate of drug-likeness (QED) is 0.394. The fraction of sp³-hybridized carbons (Fsp3) is 0.300. The van der Waals surface area contributed by atoms with E-state index >= 15 is 0 Å². The number of aryl methyl sites for hydroxylation is 1. The minimum Gasteiger partial charge on any atom is -0.481 e. The first-order valence-electron chi connectivity index (χ1n) is 8.14. The van der Waals surface area contributed by atoms with Gasteiger partial charge in [-0.25, -0.2) is 0 Å². The van der Waals surface area contributed by atoms with Crippen molar-refractivity contribution in [1.82, 2.24) is 0 Å². The fourth-order valence-electron chi connectivity index (χ4n) is 2.68. The lowest BCUT2D eigenvalue weighted by atomic mass is 9.92. The highest BCUT2D eigenvalue weighted by molar-refractivity contribution is 6.30. The number of ketones is 1. The van der Waals surface area contributed by atoms with E-state index in [4.69, 9.17) is 11.6 Å². The number of benzene rings is 2. The van der Waals surface area contributed by atoms with Gasteiger partial charge in [0.15, 0.2) is 5.78 Å². The molecule has 3 nitrogen and oxygen atoms in total. The van der Waals surface area contributed by atoms with E-state index in [0.717, 1.165) is 30.7 Å². The number of rotatable bonds is 9. The Morgan fingerprint density at radius 3 is 2.21 bits per heavy atom. The van der Waals surface area contributed by atoms with Crippen LogP contribution in [0.25, 0.3) is 0 Å². The molecule has 2 aromatic rings. The maximum absolute atomic E-state index is 12.3. The van der Waals surface area contributed by atoms with Gasteiger partial charge in [-0.2, -0.15) is 0 Å². The predicted octanol–water partition coefficient (Wildman–Crippen LogP) is 5.03. The molecule has 0 aliphatic carbocycles. The van der Waals surface area contributed by atoms with Gasteiger partial charge in [0.25, 0.3) is 0 Å². The minimum absolute atomic E-state index is 0.305. The van der Waals surface area contributed by atoms with Crippen molar-refractivity contribution < 1.29 is 14.7 Å². The highest BCUT2D eigenvalue weighted by Gasteiger charge is 2.26. The maximum atomic E-state index is 12.3. The van der Waals surface area contributed by atoms with E-state index in [1.54, 1.807) is 24.3 Å². The average Bonchev–Trinajstić information content (AvgIpc) is 2.59. The molecule has 0 heterocycles. The molecule has 4 heteroatoms. The van der Waals surface area contributed by atoms with E-state index in [9.17, 15) is 14.7 Å². The lowest BCUT2D eigenvalue weighted by Gasteiger charge is -2.11. The molecule has 0 aromatic heterocycles. The van der Waals surface area contributed by atoms with Crippen LogP contribution in [0.4, 0.5) is 0 Å². The molecule has 126 valence electrons. The van der Waals surface area contributed by atoms with Crippen molar-refractivity contribution in [2.45, 2.75) is 32.1 Å². The lowest BCUT2D eigenvalue weighted by Crippen LogP contribution is -2.23. The van der Waals surface area contributed by atoms with Crippen molar-refractivity contribution in [1.29, 1.82) is 0 Å². The first-order valence-corrected chi connectivity index (χ1v) is 8.52. The van der Waals surface area contributed by atoms with E-state index < -0.39 is 11.9 Å². The molecule has 0 spiro atoms. The number of hydrogen-bond donors (Lipinski definition) is 1. The molecule has 0 radical (unpaired) electrons. The summed E-state index contributed by atoms with van der Waals surface area (Å²) in [6.07, 6.45) is 3.90. The van der Waals surface area contributed by atoms with Crippen molar-refractivity contribution in [3.05, 3.63) is 70.7 Å². The van der Waals surface area contributed by atoms with Gasteiger partial charge in [0.05, 0.1) is 0 Å². The van der Waals surface area contributed by atoms with Gasteiger partial charge in [0.1, 0.15) is 5.92 Å². The van der Waals surface area contributed by atoms with Crippen LogP contribution in [-0.4, -0.2) is 16.9 Å². The number of Topliss-reactive ketones (excluding diaryl/α,β-unsaturated/α-hetero) is 1. The van der Waals surface area contributed by atoms with E-state index in [2.05, 4.69) is 0 Å². The van der Waals surface area contributed by atoms with Gasteiger partial charge in [-0.05, 0) is 37.0 Å². The van der Waals surface area contributed by atoms with E-state index in [0.29, 0.717) is 12.0 Å². The Balaban J connectivity index is 1.78. The number of hydrogen-bond acceptors (Lipinski definition) is 2.